The Morgan fingerprint density at radius 3 is 2.61 bits per heavy atom. The highest BCUT2D eigenvalue weighted by molar-refractivity contribution is 7.89. The molecule has 124 valence electrons. The van der Waals surface area contributed by atoms with Crippen molar-refractivity contribution in [2.45, 2.75) is 31.2 Å². The Balaban J connectivity index is 2.21. The number of nitrogens with one attached hydrogen (secondary N) is 2. The third-order valence-electron chi connectivity index (χ3n) is 3.18. The minimum Gasteiger partial charge on any atom is -0.465 e. The number of carbonyl (C=O) groups excluding carboxylic acids is 1. The zero-order chi connectivity index (χ0) is 16.9. The molecule has 1 heterocycles. The monoisotopic (exact) mass is 337 g/mol. The molecule has 23 heavy (non-hydrogen) atoms. The van der Waals surface area contributed by atoms with Crippen LogP contribution in [0.1, 0.15) is 18.2 Å². The van der Waals surface area contributed by atoms with Crippen molar-refractivity contribution in [2.24, 2.45) is 0 Å². The number of aryl methyl sites for hydroxylation is 1. The highest BCUT2D eigenvalue weighted by Gasteiger charge is 2.27. The standard InChI is InChI=1S/C15H19N3O4S/c1-3-22-15(19)14(8-12-9-16-10-17-12)18-23(20,21)13-6-4-11(2)5-7-13/h4-7,9-10,14,18H,3,8H2,1-2H3,(H,16,17). The summed E-state index contributed by atoms with van der Waals surface area (Å²) < 4.78 is 32.2. The lowest BCUT2D eigenvalue weighted by Gasteiger charge is -2.17. The molecule has 0 saturated carbocycles. The van der Waals surface area contributed by atoms with Gasteiger partial charge >= 0.3 is 5.97 Å². The molecule has 0 spiro atoms. The number of hydrogen-bond acceptors (Lipinski definition) is 5. The van der Waals surface area contributed by atoms with Crippen molar-refractivity contribution < 1.29 is 17.9 Å². The van der Waals surface area contributed by atoms with Gasteiger partial charge < -0.3 is 9.72 Å². The van der Waals surface area contributed by atoms with Crippen molar-refractivity contribution in [1.29, 1.82) is 0 Å². The van der Waals surface area contributed by atoms with Crippen LogP contribution in [0.5, 0.6) is 0 Å². The highest BCUT2D eigenvalue weighted by Crippen LogP contribution is 2.12. The lowest BCUT2D eigenvalue weighted by Crippen LogP contribution is -2.43. The van der Waals surface area contributed by atoms with Crippen molar-refractivity contribution in [1.82, 2.24) is 14.7 Å². The fourth-order valence-electron chi connectivity index (χ4n) is 2.00. The molecule has 0 aliphatic rings. The smallest absolute Gasteiger partial charge is 0.324 e. The average Bonchev–Trinajstić information content (AvgIpc) is 3.00. The van der Waals surface area contributed by atoms with E-state index >= 15 is 0 Å². The molecule has 0 fully saturated rings. The number of benzene rings is 1. The predicted octanol–water partition coefficient (Wildman–Crippen LogP) is 1.17. The van der Waals surface area contributed by atoms with Crippen molar-refractivity contribution in [3.8, 4) is 0 Å². The minimum atomic E-state index is -3.83. The normalized spacial score (nSPS) is 12.8. The first-order valence-corrected chi connectivity index (χ1v) is 8.63. The molecule has 1 aromatic heterocycles. The second-order valence-corrected chi connectivity index (χ2v) is 6.73. The van der Waals surface area contributed by atoms with Gasteiger partial charge in [0.25, 0.3) is 0 Å². The number of ether oxygens (including phenoxy) is 1. The number of aromatic nitrogens is 2. The number of hydrogen-bond donors (Lipinski definition) is 2. The zero-order valence-corrected chi connectivity index (χ0v) is 13.8. The van der Waals surface area contributed by atoms with E-state index in [1.54, 1.807) is 19.1 Å². The van der Waals surface area contributed by atoms with Crippen LogP contribution in [0, 0.1) is 6.92 Å². The van der Waals surface area contributed by atoms with Crippen molar-refractivity contribution in [3.63, 3.8) is 0 Å². The number of esters is 1. The lowest BCUT2D eigenvalue weighted by molar-refractivity contribution is -0.145. The average molecular weight is 337 g/mol. The number of sulfonamides is 1. The third-order valence-corrected chi connectivity index (χ3v) is 4.67. The van der Waals surface area contributed by atoms with Crippen LogP contribution in [0.2, 0.25) is 0 Å². The molecular weight excluding hydrogens is 318 g/mol. The van der Waals surface area contributed by atoms with Gasteiger partial charge in [-0.25, -0.2) is 13.4 Å². The molecule has 2 N–H and O–H groups in total. The van der Waals surface area contributed by atoms with Gasteiger partial charge in [-0.15, -0.1) is 0 Å². The number of H-pyrrole nitrogens is 1. The maximum Gasteiger partial charge on any atom is 0.324 e. The van der Waals surface area contributed by atoms with E-state index in [2.05, 4.69) is 14.7 Å². The summed E-state index contributed by atoms with van der Waals surface area (Å²) in [5.74, 6) is -0.627. The molecule has 2 aromatic rings. The van der Waals surface area contributed by atoms with Gasteiger partial charge in [-0.3, -0.25) is 4.79 Å². The molecule has 0 aliphatic heterocycles. The SMILES string of the molecule is CCOC(=O)C(Cc1cnc[nH]1)NS(=O)(=O)c1ccc(C)cc1. The number of carbonyl (C=O) groups is 1. The molecule has 2 rings (SSSR count). The highest BCUT2D eigenvalue weighted by atomic mass is 32.2. The van der Waals surface area contributed by atoms with Crippen LogP contribution in [0.4, 0.5) is 0 Å². The quantitative estimate of drug-likeness (QED) is 0.739. The number of rotatable bonds is 7. The second kappa shape index (κ2) is 7.38. The number of imidazole rings is 1. The van der Waals surface area contributed by atoms with Crippen LogP contribution in [0.15, 0.2) is 41.7 Å². The maximum atomic E-state index is 12.4. The molecule has 0 radical (unpaired) electrons. The van der Waals surface area contributed by atoms with E-state index in [0.717, 1.165) is 5.56 Å². The van der Waals surface area contributed by atoms with Gasteiger partial charge in [-0.2, -0.15) is 4.72 Å². The van der Waals surface area contributed by atoms with Gasteiger partial charge in [0.05, 0.1) is 17.8 Å². The fourth-order valence-corrected chi connectivity index (χ4v) is 3.19. The van der Waals surface area contributed by atoms with Gasteiger partial charge in [0, 0.05) is 18.3 Å². The first kappa shape index (κ1) is 17.2. The fraction of sp³-hybridized carbons (Fsp3) is 0.333. The summed E-state index contributed by atoms with van der Waals surface area (Å²) >= 11 is 0. The Kier molecular flexibility index (Phi) is 5.51. The van der Waals surface area contributed by atoms with E-state index in [1.165, 1.54) is 24.7 Å². The third kappa shape index (κ3) is 4.64. The van der Waals surface area contributed by atoms with Crippen molar-refractivity contribution in [2.75, 3.05) is 6.61 Å². The summed E-state index contributed by atoms with van der Waals surface area (Å²) in [5.41, 5.74) is 1.58. The van der Waals surface area contributed by atoms with Crippen LogP contribution >= 0.6 is 0 Å². The van der Waals surface area contributed by atoms with Crippen LogP contribution in [0.25, 0.3) is 0 Å². The molecule has 1 unspecified atom stereocenters. The molecule has 0 saturated heterocycles. The Labute approximate surface area is 135 Å². The lowest BCUT2D eigenvalue weighted by atomic mass is 10.2. The molecule has 1 aromatic carbocycles. The van der Waals surface area contributed by atoms with Crippen molar-refractivity contribution >= 4 is 16.0 Å². The van der Waals surface area contributed by atoms with Gasteiger partial charge in [0.1, 0.15) is 6.04 Å². The largest absolute Gasteiger partial charge is 0.465 e. The maximum absolute atomic E-state index is 12.4. The van der Waals surface area contributed by atoms with Gasteiger partial charge in [0.2, 0.25) is 10.0 Å². The Morgan fingerprint density at radius 2 is 2.04 bits per heavy atom. The van der Waals surface area contributed by atoms with E-state index < -0.39 is 22.0 Å². The van der Waals surface area contributed by atoms with E-state index in [9.17, 15) is 13.2 Å². The molecule has 8 heteroatoms. The Morgan fingerprint density at radius 1 is 1.35 bits per heavy atom. The van der Waals surface area contributed by atoms with Crippen LogP contribution < -0.4 is 4.72 Å². The van der Waals surface area contributed by atoms with Gasteiger partial charge in [0.15, 0.2) is 0 Å². The molecular formula is C15H19N3O4S. The van der Waals surface area contributed by atoms with Gasteiger partial charge in [-0.05, 0) is 26.0 Å². The molecule has 0 amide bonds. The second-order valence-electron chi connectivity index (χ2n) is 5.02. The number of nitrogens with zero attached hydrogens (tertiary/aromatic N) is 1. The summed E-state index contributed by atoms with van der Waals surface area (Å²) in [4.78, 5) is 18.9. The zero-order valence-electron chi connectivity index (χ0n) is 12.9. The van der Waals surface area contributed by atoms with E-state index in [1.807, 2.05) is 6.92 Å². The summed E-state index contributed by atoms with van der Waals surface area (Å²) in [7, 11) is -3.83. The molecule has 7 nitrogen and oxygen atoms in total. The van der Waals surface area contributed by atoms with Crippen LogP contribution in [0.3, 0.4) is 0 Å². The number of aromatic amines is 1. The predicted molar refractivity (Wildman–Crippen MR) is 84.2 cm³/mol. The summed E-state index contributed by atoms with van der Waals surface area (Å²) in [6.45, 7) is 3.70. The molecule has 0 aliphatic carbocycles. The molecule has 0 bridgehead atoms. The van der Waals surface area contributed by atoms with E-state index in [4.69, 9.17) is 4.74 Å². The Bertz CT molecular complexity index is 740. The van der Waals surface area contributed by atoms with Crippen LogP contribution in [-0.4, -0.2) is 37.0 Å². The van der Waals surface area contributed by atoms with Gasteiger partial charge in [-0.1, -0.05) is 17.7 Å². The topological polar surface area (TPSA) is 101 Å². The molecule has 1 atom stereocenters. The minimum absolute atomic E-state index is 0.0991. The summed E-state index contributed by atoms with van der Waals surface area (Å²) in [6.07, 6.45) is 3.13. The first-order valence-electron chi connectivity index (χ1n) is 7.15. The van der Waals surface area contributed by atoms with E-state index in [-0.39, 0.29) is 17.9 Å². The Hall–Kier alpha value is -2.19. The van der Waals surface area contributed by atoms with Crippen molar-refractivity contribution in [3.05, 3.63) is 48.0 Å². The first-order chi connectivity index (χ1) is 10.9. The van der Waals surface area contributed by atoms with E-state index in [0.29, 0.717) is 5.69 Å². The summed E-state index contributed by atoms with van der Waals surface area (Å²) in [6, 6.07) is 5.36. The van der Waals surface area contributed by atoms with Crippen LogP contribution in [-0.2, 0) is 26.0 Å². The summed E-state index contributed by atoms with van der Waals surface area (Å²) in [5, 5.41) is 0.